The Hall–Kier alpha value is -1.88. The number of rotatable bonds is 6. The fourth-order valence-electron chi connectivity index (χ4n) is 4.36. The van der Waals surface area contributed by atoms with Crippen LogP contribution in [-0.4, -0.2) is 60.8 Å². The molecule has 0 N–H and O–H groups in total. The number of carbonyl (C=O) groups excluding carboxylic acids is 2. The summed E-state index contributed by atoms with van der Waals surface area (Å²) < 4.78 is 5.43. The molecule has 2 aliphatic heterocycles. The van der Waals surface area contributed by atoms with Crippen LogP contribution in [0, 0.1) is 0 Å². The molecule has 2 heterocycles. The molecule has 5 heteroatoms. The van der Waals surface area contributed by atoms with Crippen molar-refractivity contribution in [2.45, 2.75) is 57.9 Å². The molecule has 0 spiro atoms. The average molecular weight is 373 g/mol. The van der Waals surface area contributed by atoms with Crippen LogP contribution in [0.5, 0.6) is 5.75 Å². The van der Waals surface area contributed by atoms with Gasteiger partial charge in [0.05, 0.1) is 13.5 Å². The highest BCUT2D eigenvalue weighted by molar-refractivity contribution is 5.94. The summed E-state index contributed by atoms with van der Waals surface area (Å²) in [5.41, 5.74) is 1.43. The molecule has 0 radical (unpaired) electrons. The lowest BCUT2D eigenvalue weighted by Crippen LogP contribution is -2.50. The van der Waals surface area contributed by atoms with E-state index in [4.69, 9.17) is 4.74 Å². The standard InChI is InChI=1S/C22H32N2O3/c1-17(25)18-9-10-21(27-2)19(14-18)15-22(26)24-13-7-4-8-20(24)16-23-11-5-3-6-12-23/h9-10,14,20H,3-8,11-13,15-16H2,1-2H3/t20-/m0/s1. The molecule has 2 saturated heterocycles. The molecule has 2 aliphatic rings. The number of nitrogens with zero attached hydrogens (tertiary/aromatic N) is 2. The summed E-state index contributed by atoms with van der Waals surface area (Å²) in [7, 11) is 1.61. The number of Topliss-reactive ketones (excluding diaryl/α,β-unsaturated/α-hetero) is 1. The van der Waals surface area contributed by atoms with Crippen LogP contribution < -0.4 is 4.74 Å². The number of amides is 1. The number of hydrogen-bond acceptors (Lipinski definition) is 4. The van der Waals surface area contributed by atoms with Crippen molar-refractivity contribution in [3.05, 3.63) is 29.3 Å². The van der Waals surface area contributed by atoms with Crippen molar-refractivity contribution < 1.29 is 14.3 Å². The van der Waals surface area contributed by atoms with Gasteiger partial charge >= 0.3 is 0 Å². The third-order valence-electron chi connectivity index (χ3n) is 5.89. The summed E-state index contributed by atoms with van der Waals surface area (Å²) in [6.45, 7) is 5.70. The van der Waals surface area contributed by atoms with Crippen LogP contribution in [0.15, 0.2) is 18.2 Å². The van der Waals surface area contributed by atoms with Crippen molar-refractivity contribution in [1.82, 2.24) is 9.80 Å². The van der Waals surface area contributed by atoms with Gasteiger partial charge in [-0.2, -0.15) is 0 Å². The summed E-state index contributed by atoms with van der Waals surface area (Å²) in [6, 6.07) is 5.67. The minimum atomic E-state index is 0.00676. The van der Waals surface area contributed by atoms with Crippen LogP contribution in [0.2, 0.25) is 0 Å². The zero-order valence-corrected chi connectivity index (χ0v) is 16.7. The van der Waals surface area contributed by atoms with E-state index in [9.17, 15) is 9.59 Å². The number of piperidine rings is 2. The Morgan fingerprint density at radius 2 is 1.81 bits per heavy atom. The third-order valence-corrected chi connectivity index (χ3v) is 5.89. The third kappa shape index (κ3) is 5.10. The molecule has 5 nitrogen and oxygen atoms in total. The zero-order valence-electron chi connectivity index (χ0n) is 16.7. The molecule has 1 atom stereocenters. The molecule has 0 bridgehead atoms. The fourth-order valence-corrected chi connectivity index (χ4v) is 4.36. The Bertz CT molecular complexity index is 668. The van der Waals surface area contributed by atoms with E-state index in [1.165, 1.54) is 25.7 Å². The first-order valence-electron chi connectivity index (χ1n) is 10.3. The van der Waals surface area contributed by atoms with Crippen LogP contribution in [0.25, 0.3) is 0 Å². The van der Waals surface area contributed by atoms with Gasteiger partial charge in [0, 0.05) is 30.3 Å². The molecule has 0 saturated carbocycles. The van der Waals surface area contributed by atoms with Gasteiger partial charge in [0.1, 0.15) is 5.75 Å². The van der Waals surface area contributed by atoms with Gasteiger partial charge in [-0.1, -0.05) is 6.42 Å². The predicted molar refractivity (Wildman–Crippen MR) is 106 cm³/mol. The van der Waals surface area contributed by atoms with E-state index in [1.807, 2.05) is 6.07 Å². The van der Waals surface area contributed by atoms with Crippen molar-refractivity contribution in [1.29, 1.82) is 0 Å². The van der Waals surface area contributed by atoms with Crippen molar-refractivity contribution in [3.8, 4) is 5.75 Å². The van der Waals surface area contributed by atoms with Crippen molar-refractivity contribution in [2.24, 2.45) is 0 Å². The molecule has 0 unspecified atom stereocenters. The molecule has 148 valence electrons. The maximum Gasteiger partial charge on any atom is 0.227 e. The van der Waals surface area contributed by atoms with Gasteiger partial charge in [-0.25, -0.2) is 0 Å². The number of benzene rings is 1. The van der Waals surface area contributed by atoms with Crippen molar-refractivity contribution in [2.75, 3.05) is 33.3 Å². The van der Waals surface area contributed by atoms with Gasteiger partial charge in [-0.3, -0.25) is 9.59 Å². The number of methoxy groups -OCH3 is 1. The predicted octanol–water partition coefficient (Wildman–Crippen LogP) is 3.31. The molecule has 2 fully saturated rings. The Morgan fingerprint density at radius 3 is 2.52 bits per heavy atom. The lowest BCUT2D eigenvalue weighted by Gasteiger charge is -2.40. The molecule has 1 aromatic carbocycles. The number of likely N-dealkylation sites (tertiary alicyclic amines) is 2. The van der Waals surface area contributed by atoms with Crippen molar-refractivity contribution in [3.63, 3.8) is 0 Å². The van der Waals surface area contributed by atoms with Crippen molar-refractivity contribution >= 4 is 11.7 Å². The molecular formula is C22H32N2O3. The summed E-state index contributed by atoms with van der Waals surface area (Å²) in [4.78, 5) is 29.5. The highest BCUT2D eigenvalue weighted by atomic mass is 16.5. The summed E-state index contributed by atoms with van der Waals surface area (Å²) >= 11 is 0. The molecule has 0 aliphatic carbocycles. The van der Waals surface area contributed by atoms with Crippen LogP contribution in [0.3, 0.4) is 0 Å². The van der Waals surface area contributed by atoms with Gasteiger partial charge < -0.3 is 14.5 Å². The number of ether oxygens (including phenoxy) is 1. The highest BCUT2D eigenvalue weighted by Gasteiger charge is 2.29. The fraction of sp³-hybridized carbons (Fsp3) is 0.636. The Labute approximate surface area is 162 Å². The SMILES string of the molecule is COc1ccc(C(C)=O)cc1CC(=O)N1CCCC[C@H]1CN1CCCCC1. The smallest absolute Gasteiger partial charge is 0.227 e. The van der Waals surface area contributed by atoms with E-state index < -0.39 is 0 Å². The Balaban J connectivity index is 1.71. The van der Waals surface area contributed by atoms with E-state index in [0.717, 1.165) is 44.6 Å². The van der Waals surface area contributed by atoms with Crippen LogP contribution in [0.4, 0.5) is 0 Å². The highest BCUT2D eigenvalue weighted by Crippen LogP contribution is 2.25. The second-order valence-corrected chi connectivity index (χ2v) is 7.86. The molecule has 1 aromatic rings. The first kappa shape index (κ1) is 19.9. The first-order chi connectivity index (χ1) is 13.1. The maximum atomic E-state index is 13.1. The largest absolute Gasteiger partial charge is 0.496 e. The Kier molecular flexibility index (Phi) is 6.89. The molecule has 1 amide bonds. The van der Waals surface area contributed by atoms with Gasteiger partial charge in [0.25, 0.3) is 0 Å². The minimum Gasteiger partial charge on any atom is -0.496 e. The van der Waals surface area contributed by atoms with Gasteiger partial charge in [0.15, 0.2) is 5.78 Å². The second kappa shape index (κ2) is 9.36. The topological polar surface area (TPSA) is 49.9 Å². The second-order valence-electron chi connectivity index (χ2n) is 7.86. The minimum absolute atomic E-state index is 0.00676. The summed E-state index contributed by atoms with van der Waals surface area (Å²) in [5, 5.41) is 0. The number of carbonyl (C=O) groups is 2. The average Bonchev–Trinajstić information content (AvgIpc) is 2.69. The van der Waals surface area contributed by atoms with Gasteiger partial charge in [-0.15, -0.1) is 0 Å². The van der Waals surface area contributed by atoms with Crippen LogP contribution in [0.1, 0.15) is 61.4 Å². The van der Waals surface area contributed by atoms with E-state index in [2.05, 4.69) is 9.80 Å². The van der Waals surface area contributed by atoms with E-state index in [0.29, 0.717) is 23.8 Å². The first-order valence-corrected chi connectivity index (χ1v) is 10.3. The maximum absolute atomic E-state index is 13.1. The number of ketones is 1. The molecule has 27 heavy (non-hydrogen) atoms. The number of hydrogen-bond donors (Lipinski definition) is 0. The Morgan fingerprint density at radius 1 is 1.07 bits per heavy atom. The summed E-state index contributed by atoms with van der Waals surface area (Å²) in [5.74, 6) is 0.834. The quantitative estimate of drug-likeness (QED) is 0.719. The van der Waals surface area contributed by atoms with E-state index >= 15 is 0 Å². The monoisotopic (exact) mass is 372 g/mol. The lowest BCUT2D eigenvalue weighted by molar-refractivity contribution is -0.134. The van der Waals surface area contributed by atoms with Crippen LogP contribution >= 0.6 is 0 Å². The zero-order chi connectivity index (χ0) is 19.2. The van der Waals surface area contributed by atoms with E-state index in [1.54, 1.807) is 26.2 Å². The molecular weight excluding hydrogens is 340 g/mol. The molecule has 0 aromatic heterocycles. The van der Waals surface area contributed by atoms with Crippen LogP contribution in [-0.2, 0) is 11.2 Å². The van der Waals surface area contributed by atoms with E-state index in [-0.39, 0.29) is 11.7 Å². The molecule has 3 rings (SSSR count). The lowest BCUT2D eigenvalue weighted by atomic mass is 9.98. The van der Waals surface area contributed by atoms with Gasteiger partial charge in [-0.05, 0) is 70.3 Å². The van der Waals surface area contributed by atoms with Gasteiger partial charge in [0.2, 0.25) is 5.91 Å². The summed E-state index contributed by atoms with van der Waals surface area (Å²) in [6.07, 6.45) is 7.54. The normalized spacial score (nSPS) is 21.1.